The summed E-state index contributed by atoms with van der Waals surface area (Å²) in [6.45, 7) is -0.281. The molecule has 2 aromatic carbocycles. The van der Waals surface area contributed by atoms with E-state index in [1.54, 1.807) is 19.2 Å². The Morgan fingerprint density at radius 3 is 1.85 bits per heavy atom. The second kappa shape index (κ2) is 9.43. The Morgan fingerprint density at radius 1 is 0.846 bits per heavy atom. The number of carbonyl (C=O) groups excluding carboxylic acids is 2. The molecule has 0 aliphatic heterocycles. The van der Waals surface area contributed by atoms with Crippen LogP contribution in [0, 0.1) is 0 Å². The molecule has 0 amide bonds. The zero-order valence-corrected chi connectivity index (χ0v) is 14.8. The Kier molecular flexibility index (Phi) is 6.99. The maximum absolute atomic E-state index is 11.7. The van der Waals surface area contributed by atoms with Gasteiger partial charge in [-0.25, -0.2) is 4.79 Å². The molecule has 0 heterocycles. The van der Waals surface area contributed by atoms with Crippen molar-refractivity contribution in [2.45, 2.75) is 19.8 Å². The molecule has 1 unspecified atom stereocenters. The van der Waals surface area contributed by atoms with Crippen molar-refractivity contribution in [1.82, 2.24) is 0 Å². The smallest absolute Gasteiger partial charge is 0.497 e. The number of hydrogen-bond acceptors (Lipinski definition) is 7. The number of carbonyl (C=O) groups is 2. The van der Waals surface area contributed by atoms with Crippen LogP contribution in [0.15, 0.2) is 48.5 Å². The summed E-state index contributed by atoms with van der Waals surface area (Å²) >= 11 is 0. The maximum Gasteiger partial charge on any atom is 0.518 e. The molecule has 0 saturated heterocycles. The van der Waals surface area contributed by atoms with E-state index in [1.807, 2.05) is 36.4 Å². The SMILES string of the molecule is COc1ccc(Cc2ccc(OC(=O)OC(OC)OC(C)=O)cc2)cc1. The van der Waals surface area contributed by atoms with E-state index < -0.39 is 18.6 Å². The van der Waals surface area contributed by atoms with Gasteiger partial charge in [-0.05, 0) is 41.8 Å². The van der Waals surface area contributed by atoms with Crippen LogP contribution in [0.1, 0.15) is 18.1 Å². The normalized spacial score (nSPS) is 11.3. The lowest BCUT2D eigenvalue weighted by molar-refractivity contribution is -0.243. The summed E-state index contributed by atoms with van der Waals surface area (Å²) in [6.07, 6.45) is -0.312. The van der Waals surface area contributed by atoms with Crippen LogP contribution in [0.3, 0.4) is 0 Å². The van der Waals surface area contributed by atoms with E-state index >= 15 is 0 Å². The zero-order valence-electron chi connectivity index (χ0n) is 14.8. The summed E-state index contributed by atoms with van der Waals surface area (Å²) in [7, 11) is 2.86. The average molecular weight is 360 g/mol. The van der Waals surface area contributed by atoms with Gasteiger partial charge in [0, 0.05) is 14.0 Å². The van der Waals surface area contributed by atoms with E-state index in [4.69, 9.17) is 18.9 Å². The topological polar surface area (TPSA) is 80.3 Å². The predicted octanol–water partition coefficient (Wildman–Crippen LogP) is 3.29. The van der Waals surface area contributed by atoms with Gasteiger partial charge in [0.25, 0.3) is 0 Å². The third-order valence-corrected chi connectivity index (χ3v) is 3.34. The van der Waals surface area contributed by atoms with Crippen LogP contribution in [-0.2, 0) is 25.4 Å². The lowest BCUT2D eigenvalue weighted by Crippen LogP contribution is -2.26. The highest BCUT2D eigenvalue weighted by Crippen LogP contribution is 2.18. The van der Waals surface area contributed by atoms with Gasteiger partial charge in [0.1, 0.15) is 11.5 Å². The molecule has 1 atom stereocenters. The van der Waals surface area contributed by atoms with Crippen molar-refractivity contribution in [3.63, 3.8) is 0 Å². The number of rotatable bonds is 7. The summed E-state index contributed by atoms with van der Waals surface area (Å²) in [5, 5.41) is 0. The lowest BCUT2D eigenvalue weighted by atomic mass is 10.0. The van der Waals surface area contributed by atoms with Crippen LogP contribution in [0.25, 0.3) is 0 Å². The van der Waals surface area contributed by atoms with Crippen molar-refractivity contribution in [2.24, 2.45) is 0 Å². The van der Waals surface area contributed by atoms with Gasteiger partial charge in [-0.3, -0.25) is 4.79 Å². The molecule has 26 heavy (non-hydrogen) atoms. The van der Waals surface area contributed by atoms with E-state index in [2.05, 4.69) is 4.74 Å². The molecular weight excluding hydrogens is 340 g/mol. The van der Waals surface area contributed by atoms with E-state index in [0.717, 1.165) is 23.3 Å². The van der Waals surface area contributed by atoms with Crippen LogP contribution in [0.2, 0.25) is 0 Å². The van der Waals surface area contributed by atoms with Gasteiger partial charge in [-0.2, -0.15) is 0 Å². The van der Waals surface area contributed by atoms with Crippen LogP contribution in [0.5, 0.6) is 11.5 Å². The fourth-order valence-electron chi connectivity index (χ4n) is 2.11. The molecule has 0 N–H and O–H groups in total. The number of hydrogen-bond donors (Lipinski definition) is 0. The molecule has 7 heteroatoms. The first kappa shape index (κ1) is 19.3. The summed E-state index contributed by atoms with van der Waals surface area (Å²) in [5.41, 5.74) is 2.17. The quantitative estimate of drug-likeness (QED) is 0.426. The van der Waals surface area contributed by atoms with Crippen LogP contribution >= 0.6 is 0 Å². The highest BCUT2D eigenvalue weighted by molar-refractivity contribution is 5.67. The molecule has 0 fully saturated rings. The number of esters is 1. The monoisotopic (exact) mass is 360 g/mol. The fourth-order valence-corrected chi connectivity index (χ4v) is 2.11. The standard InChI is InChI=1S/C19H20O7/c1-13(20)24-19(23-3)26-18(21)25-17-10-6-15(7-11-17)12-14-4-8-16(22-2)9-5-14/h4-11,19H,12H2,1-3H3. The number of benzene rings is 2. The van der Waals surface area contributed by atoms with Gasteiger partial charge in [-0.15, -0.1) is 0 Å². The Hall–Kier alpha value is -3.06. The van der Waals surface area contributed by atoms with E-state index in [9.17, 15) is 9.59 Å². The predicted molar refractivity (Wildman–Crippen MR) is 91.9 cm³/mol. The second-order valence-electron chi connectivity index (χ2n) is 5.27. The summed E-state index contributed by atoms with van der Waals surface area (Å²) in [4.78, 5) is 22.5. The Labute approximate surface area is 151 Å². The molecule has 0 aliphatic rings. The van der Waals surface area contributed by atoms with Gasteiger partial charge < -0.3 is 23.7 Å². The minimum Gasteiger partial charge on any atom is -0.497 e. The van der Waals surface area contributed by atoms with Crippen molar-refractivity contribution in [2.75, 3.05) is 14.2 Å². The third-order valence-electron chi connectivity index (χ3n) is 3.34. The summed E-state index contributed by atoms with van der Waals surface area (Å²) in [5.74, 6) is 0.456. The number of methoxy groups -OCH3 is 2. The average Bonchev–Trinajstić information content (AvgIpc) is 2.63. The van der Waals surface area contributed by atoms with Crippen LogP contribution in [0.4, 0.5) is 4.79 Å². The Balaban J connectivity index is 1.89. The minimum atomic E-state index is -1.45. The highest BCUT2D eigenvalue weighted by Gasteiger charge is 2.18. The van der Waals surface area contributed by atoms with Gasteiger partial charge in [-0.1, -0.05) is 24.3 Å². The lowest BCUT2D eigenvalue weighted by Gasteiger charge is -2.14. The van der Waals surface area contributed by atoms with Gasteiger partial charge in [0.15, 0.2) is 0 Å². The third kappa shape index (κ3) is 6.10. The highest BCUT2D eigenvalue weighted by atomic mass is 16.9. The first-order chi connectivity index (χ1) is 12.5. The molecule has 2 rings (SSSR count). The van der Waals surface area contributed by atoms with E-state index in [1.165, 1.54) is 14.0 Å². The molecule has 7 nitrogen and oxygen atoms in total. The molecule has 0 saturated carbocycles. The van der Waals surface area contributed by atoms with Gasteiger partial charge in [0.05, 0.1) is 7.11 Å². The van der Waals surface area contributed by atoms with E-state index in [-0.39, 0.29) is 0 Å². The maximum atomic E-state index is 11.7. The molecule has 0 aromatic heterocycles. The molecule has 138 valence electrons. The van der Waals surface area contributed by atoms with Gasteiger partial charge in [0.2, 0.25) is 0 Å². The van der Waals surface area contributed by atoms with Crippen LogP contribution in [-0.4, -0.2) is 32.8 Å². The van der Waals surface area contributed by atoms with Crippen molar-refractivity contribution in [1.29, 1.82) is 0 Å². The van der Waals surface area contributed by atoms with Gasteiger partial charge >= 0.3 is 18.6 Å². The summed E-state index contributed by atoms with van der Waals surface area (Å²) < 4.78 is 24.2. The second-order valence-corrected chi connectivity index (χ2v) is 5.27. The molecule has 0 aliphatic carbocycles. The largest absolute Gasteiger partial charge is 0.518 e. The molecule has 0 bridgehead atoms. The summed E-state index contributed by atoms with van der Waals surface area (Å²) in [6, 6.07) is 14.7. The molecule has 2 aromatic rings. The van der Waals surface area contributed by atoms with Crippen molar-refractivity contribution in [3.05, 3.63) is 59.7 Å². The minimum absolute atomic E-state index is 0.297. The van der Waals surface area contributed by atoms with Crippen molar-refractivity contribution < 1.29 is 33.3 Å². The first-order valence-corrected chi connectivity index (χ1v) is 7.80. The zero-order chi connectivity index (χ0) is 18.9. The first-order valence-electron chi connectivity index (χ1n) is 7.80. The number of ether oxygens (including phenoxy) is 5. The molecule has 0 radical (unpaired) electrons. The molecular formula is C19H20O7. The van der Waals surface area contributed by atoms with Crippen LogP contribution < -0.4 is 9.47 Å². The Morgan fingerprint density at radius 2 is 1.38 bits per heavy atom. The molecule has 0 spiro atoms. The van der Waals surface area contributed by atoms with Crippen molar-refractivity contribution >= 4 is 12.1 Å². The fraction of sp³-hybridized carbons (Fsp3) is 0.263. The van der Waals surface area contributed by atoms with E-state index in [0.29, 0.717) is 5.75 Å². The Bertz CT molecular complexity index is 723. The van der Waals surface area contributed by atoms with Crippen molar-refractivity contribution in [3.8, 4) is 11.5 Å².